The average Bonchev–Trinajstić information content (AvgIpc) is 2.16. The van der Waals surface area contributed by atoms with E-state index in [9.17, 15) is 4.79 Å². The van der Waals surface area contributed by atoms with Crippen LogP contribution in [0.25, 0.3) is 0 Å². The second kappa shape index (κ2) is 8.39. The molecule has 1 atom stereocenters. The number of unbranched alkanes of at least 4 members (excludes halogenated alkanes) is 1. The monoisotopic (exact) mass is 229 g/mol. The zero-order chi connectivity index (χ0) is 12.6. The van der Waals surface area contributed by atoms with Crippen LogP contribution in [0.5, 0.6) is 0 Å². The molecular weight excluding hydrogens is 202 g/mol. The number of carbonyl (C=O) groups is 1. The molecule has 0 spiro atoms. The van der Waals surface area contributed by atoms with E-state index in [1.54, 1.807) is 0 Å². The molecule has 2 amide bonds. The normalized spacial score (nSPS) is 12.9. The van der Waals surface area contributed by atoms with Crippen LogP contribution in [0.3, 0.4) is 0 Å². The Balaban J connectivity index is 3.93. The first-order valence-electron chi connectivity index (χ1n) is 6.16. The first-order chi connectivity index (χ1) is 7.47. The molecule has 0 radical (unpaired) electrons. The highest BCUT2D eigenvalue weighted by Crippen LogP contribution is 2.02. The predicted molar refractivity (Wildman–Crippen MR) is 68.6 cm³/mol. The molecule has 4 nitrogen and oxygen atoms in total. The van der Waals surface area contributed by atoms with Crippen molar-refractivity contribution in [2.45, 2.75) is 39.7 Å². The highest BCUT2D eigenvalue weighted by molar-refractivity contribution is 5.74. The third-order valence-electron chi connectivity index (χ3n) is 2.50. The van der Waals surface area contributed by atoms with Crippen LogP contribution < -0.4 is 10.6 Å². The van der Waals surface area contributed by atoms with Crippen LogP contribution in [0.2, 0.25) is 0 Å². The van der Waals surface area contributed by atoms with Gasteiger partial charge in [0.25, 0.3) is 0 Å². The summed E-state index contributed by atoms with van der Waals surface area (Å²) >= 11 is 0. The molecule has 0 bridgehead atoms. The summed E-state index contributed by atoms with van der Waals surface area (Å²) in [6.45, 7) is 8.00. The SMILES string of the molecule is CCCCNC(=O)NC(CN(C)C)C(C)C. The van der Waals surface area contributed by atoms with E-state index in [4.69, 9.17) is 0 Å². The molecule has 0 saturated heterocycles. The number of rotatable bonds is 7. The van der Waals surface area contributed by atoms with E-state index in [0.717, 1.165) is 25.9 Å². The molecule has 0 aromatic carbocycles. The molecule has 96 valence electrons. The fraction of sp³-hybridized carbons (Fsp3) is 0.917. The van der Waals surface area contributed by atoms with Crippen LogP contribution in [-0.4, -0.2) is 44.2 Å². The third-order valence-corrected chi connectivity index (χ3v) is 2.50. The van der Waals surface area contributed by atoms with Gasteiger partial charge >= 0.3 is 6.03 Å². The van der Waals surface area contributed by atoms with Gasteiger partial charge in [-0.25, -0.2) is 4.79 Å². The summed E-state index contributed by atoms with van der Waals surface area (Å²) in [6, 6.07) is 0.158. The van der Waals surface area contributed by atoms with Gasteiger partial charge in [0.2, 0.25) is 0 Å². The summed E-state index contributed by atoms with van der Waals surface area (Å²) in [7, 11) is 4.04. The molecule has 0 saturated carbocycles. The first-order valence-corrected chi connectivity index (χ1v) is 6.16. The lowest BCUT2D eigenvalue weighted by molar-refractivity contribution is 0.225. The first kappa shape index (κ1) is 15.2. The zero-order valence-corrected chi connectivity index (χ0v) is 11.3. The van der Waals surface area contributed by atoms with Crippen molar-refractivity contribution in [1.29, 1.82) is 0 Å². The molecule has 0 aliphatic carbocycles. The second-order valence-corrected chi connectivity index (χ2v) is 4.87. The maximum atomic E-state index is 11.6. The standard InChI is InChI=1S/C12H27N3O/c1-6-7-8-13-12(16)14-11(10(2)3)9-15(4)5/h10-11H,6-9H2,1-5H3,(H2,13,14,16). The Hall–Kier alpha value is -0.770. The van der Waals surface area contributed by atoms with Gasteiger partial charge in [-0.05, 0) is 26.4 Å². The number of urea groups is 1. The van der Waals surface area contributed by atoms with E-state index in [2.05, 4.69) is 36.3 Å². The zero-order valence-electron chi connectivity index (χ0n) is 11.3. The molecular formula is C12H27N3O. The van der Waals surface area contributed by atoms with Crippen molar-refractivity contribution < 1.29 is 4.79 Å². The van der Waals surface area contributed by atoms with Crippen molar-refractivity contribution >= 4 is 6.03 Å². The third kappa shape index (κ3) is 7.51. The van der Waals surface area contributed by atoms with Crippen LogP contribution in [0.15, 0.2) is 0 Å². The molecule has 4 heteroatoms. The van der Waals surface area contributed by atoms with E-state index in [-0.39, 0.29) is 12.1 Å². The topological polar surface area (TPSA) is 44.4 Å². The maximum Gasteiger partial charge on any atom is 0.315 e. The van der Waals surface area contributed by atoms with Gasteiger partial charge in [0, 0.05) is 19.1 Å². The summed E-state index contributed by atoms with van der Waals surface area (Å²) in [5, 5.41) is 5.89. The lowest BCUT2D eigenvalue weighted by atomic mass is 10.0. The lowest BCUT2D eigenvalue weighted by Gasteiger charge is -2.25. The van der Waals surface area contributed by atoms with Gasteiger partial charge in [-0.2, -0.15) is 0 Å². The summed E-state index contributed by atoms with van der Waals surface area (Å²) in [4.78, 5) is 13.7. The Kier molecular flexibility index (Phi) is 7.99. The maximum absolute atomic E-state index is 11.6. The van der Waals surface area contributed by atoms with Crippen molar-refractivity contribution in [3.05, 3.63) is 0 Å². The summed E-state index contributed by atoms with van der Waals surface area (Å²) < 4.78 is 0. The minimum absolute atomic E-state index is 0.0472. The van der Waals surface area contributed by atoms with Gasteiger partial charge in [-0.3, -0.25) is 0 Å². The molecule has 0 heterocycles. The summed E-state index contributed by atoms with van der Waals surface area (Å²) in [5.41, 5.74) is 0. The van der Waals surface area contributed by atoms with Gasteiger partial charge in [0.05, 0.1) is 0 Å². The highest BCUT2D eigenvalue weighted by Gasteiger charge is 2.16. The molecule has 0 aromatic heterocycles. The molecule has 2 N–H and O–H groups in total. The van der Waals surface area contributed by atoms with Gasteiger partial charge in [0.15, 0.2) is 0 Å². The highest BCUT2D eigenvalue weighted by atomic mass is 16.2. The van der Waals surface area contributed by atoms with E-state index in [1.165, 1.54) is 0 Å². The van der Waals surface area contributed by atoms with Crippen LogP contribution in [0.4, 0.5) is 4.79 Å². The quantitative estimate of drug-likeness (QED) is 0.652. The average molecular weight is 229 g/mol. The summed E-state index contributed by atoms with van der Waals surface area (Å²) in [6.07, 6.45) is 2.14. The van der Waals surface area contributed by atoms with Crippen molar-refractivity contribution in [2.75, 3.05) is 27.2 Å². The Morgan fingerprint density at radius 2 is 1.94 bits per heavy atom. The molecule has 0 rings (SSSR count). The smallest absolute Gasteiger partial charge is 0.315 e. The van der Waals surface area contributed by atoms with Gasteiger partial charge < -0.3 is 15.5 Å². The minimum Gasteiger partial charge on any atom is -0.338 e. The minimum atomic E-state index is -0.0472. The Labute approximate surface area is 99.8 Å². The number of hydrogen-bond acceptors (Lipinski definition) is 2. The van der Waals surface area contributed by atoms with Crippen LogP contribution in [0.1, 0.15) is 33.6 Å². The fourth-order valence-corrected chi connectivity index (χ4v) is 1.41. The van der Waals surface area contributed by atoms with Crippen LogP contribution in [-0.2, 0) is 0 Å². The molecule has 0 aliphatic heterocycles. The van der Waals surface area contributed by atoms with E-state index >= 15 is 0 Å². The second-order valence-electron chi connectivity index (χ2n) is 4.87. The number of likely N-dealkylation sites (N-methyl/N-ethyl adjacent to an activating group) is 1. The van der Waals surface area contributed by atoms with Crippen molar-refractivity contribution in [3.63, 3.8) is 0 Å². The van der Waals surface area contributed by atoms with Crippen LogP contribution >= 0.6 is 0 Å². The van der Waals surface area contributed by atoms with E-state index in [0.29, 0.717) is 5.92 Å². The van der Waals surface area contributed by atoms with E-state index < -0.39 is 0 Å². The lowest BCUT2D eigenvalue weighted by Crippen LogP contribution is -2.49. The molecule has 16 heavy (non-hydrogen) atoms. The largest absolute Gasteiger partial charge is 0.338 e. The Morgan fingerprint density at radius 1 is 1.31 bits per heavy atom. The van der Waals surface area contributed by atoms with Gasteiger partial charge in [-0.1, -0.05) is 27.2 Å². The predicted octanol–water partition coefficient (Wildman–Crippen LogP) is 1.67. The van der Waals surface area contributed by atoms with Gasteiger partial charge in [0.1, 0.15) is 0 Å². The van der Waals surface area contributed by atoms with E-state index in [1.807, 2.05) is 14.1 Å². The molecule has 0 aliphatic rings. The fourth-order valence-electron chi connectivity index (χ4n) is 1.41. The van der Waals surface area contributed by atoms with Crippen molar-refractivity contribution in [2.24, 2.45) is 5.92 Å². The van der Waals surface area contributed by atoms with Crippen molar-refractivity contribution in [3.8, 4) is 0 Å². The number of carbonyl (C=O) groups excluding carboxylic acids is 1. The van der Waals surface area contributed by atoms with Crippen molar-refractivity contribution in [1.82, 2.24) is 15.5 Å². The van der Waals surface area contributed by atoms with Crippen LogP contribution in [0, 0.1) is 5.92 Å². The number of nitrogens with zero attached hydrogens (tertiary/aromatic N) is 1. The molecule has 0 fully saturated rings. The Morgan fingerprint density at radius 3 is 2.38 bits per heavy atom. The number of nitrogens with one attached hydrogen (secondary N) is 2. The number of amides is 2. The number of hydrogen-bond donors (Lipinski definition) is 2. The molecule has 1 unspecified atom stereocenters. The van der Waals surface area contributed by atoms with Gasteiger partial charge in [-0.15, -0.1) is 0 Å². The molecule has 0 aromatic rings. The summed E-state index contributed by atoms with van der Waals surface area (Å²) in [5.74, 6) is 0.444. The Bertz CT molecular complexity index is 193.